The summed E-state index contributed by atoms with van der Waals surface area (Å²) in [5.41, 5.74) is 0.758. The first-order valence-electron chi connectivity index (χ1n) is 8.67. The topological polar surface area (TPSA) is 69.3 Å². The second-order valence-electron chi connectivity index (χ2n) is 6.71. The normalized spacial score (nSPS) is 21.6. The van der Waals surface area contributed by atoms with Crippen molar-refractivity contribution in [3.63, 3.8) is 0 Å². The minimum absolute atomic E-state index is 0.0778. The number of hydrogen-bond acceptors (Lipinski definition) is 4. The molecule has 0 unspecified atom stereocenters. The largest absolute Gasteiger partial charge is 0.338 e. The molecule has 1 N–H and O–H groups in total. The number of rotatable bonds is 6. The molecule has 2 heterocycles. The summed E-state index contributed by atoms with van der Waals surface area (Å²) >= 11 is 0. The zero-order valence-corrected chi connectivity index (χ0v) is 14.0. The van der Waals surface area contributed by atoms with Gasteiger partial charge in [-0.05, 0) is 38.6 Å². The number of carbonyl (C=O) groups is 1. The molecule has 0 spiro atoms. The predicted molar refractivity (Wildman–Crippen MR) is 88.1 cm³/mol. The predicted octanol–water partition coefficient (Wildman–Crippen LogP) is 1.31. The summed E-state index contributed by atoms with van der Waals surface area (Å²) in [6.07, 6.45) is 5.28. The molecule has 2 aliphatic rings. The van der Waals surface area contributed by atoms with Crippen LogP contribution in [0.5, 0.6) is 0 Å². The van der Waals surface area contributed by atoms with Crippen molar-refractivity contribution in [1.29, 1.82) is 0 Å². The Bertz CT molecular complexity index is 623. The highest BCUT2D eigenvalue weighted by molar-refractivity contribution is 5.74. The molecule has 2 fully saturated rings. The number of nitrogens with one attached hydrogen (secondary N) is 1. The molecular weight excluding hydrogens is 292 g/mol. The Balaban J connectivity index is 1.68. The first kappa shape index (κ1) is 16.2. The van der Waals surface area contributed by atoms with Crippen molar-refractivity contribution >= 4 is 5.91 Å². The van der Waals surface area contributed by atoms with Gasteiger partial charge in [0.05, 0.1) is 6.54 Å². The monoisotopic (exact) mass is 318 g/mol. The number of nitrogens with zero attached hydrogens (tertiary/aromatic N) is 3. The number of H-pyrrole nitrogens is 1. The van der Waals surface area contributed by atoms with Gasteiger partial charge in [0, 0.05) is 37.3 Å². The zero-order chi connectivity index (χ0) is 16.4. The fourth-order valence-electron chi connectivity index (χ4n) is 3.47. The van der Waals surface area contributed by atoms with E-state index < -0.39 is 0 Å². The number of aromatic amines is 1. The maximum Gasteiger partial charge on any atom is 0.251 e. The molecule has 0 aromatic carbocycles. The van der Waals surface area contributed by atoms with Gasteiger partial charge in [-0.25, -0.2) is 4.98 Å². The van der Waals surface area contributed by atoms with Gasteiger partial charge in [-0.3, -0.25) is 14.5 Å². The first-order valence-corrected chi connectivity index (χ1v) is 8.67. The fraction of sp³-hybridized carbons (Fsp3) is 0.706. The molecule has 23 heavy (non-hydrogen) atoms. The Kier molecular flexibility index (Phi) is 4.80. The van der Waals surface area contributed by atoms with Crippen LogP contribution in [-0.4, -0.2) is 50.8 Å². The molecule has 1 aliphatic heterocycles. The van der Waals surface area contributed by atoms with Crippen molar-refractivity contribution in [2.24, 2.45) is 0 Å². The summed E-state index contributed by atoms with van der Waals surface area (Å²) in [6, 6.07) is 2.39. The molecule has 1 aromatic rings. The van der Waals surface area contributed by atoms with E-state index in [0.29, 0.717) is 18.6 Å². The molecular formula is C17H26N4O2. The van der Waals surface area contributed by atoms with E-state index in [1.165, 1.54) is 0 Å². The minimum Gasteiger partial charge on any atom is -0.338 e. The smallest absolute Gasteiger partial charge is 0.251 e. The standard InChI is InChI=1S/C17H26N4O2/c1-3-13-9-17(23)19-16(18-13)11-20-8-4-5-15(20)10-21(12(2)22)14-6-7-14/h9,14-15H,3-8,10-11H2,1-2H3,(H,18,19,23)/t15-/m0/s1. The van der Waals surface area contributed by atoms with E-state index in [0.717, 1.165) is 56.7 Å². The third-order valence-electron chi connectivity index (χ3n) is 4.86. The Morgan fingerprint density at radius 3 is 2.87 bits per heavy atom. The number of aromatic nitrogens is 2. The van der Waals surface area contributed by atoms with Crippen LogP contribution in [0.3, 0.4) is 0 Å². The van der Waals surface area contributed by atoms with E-state index in [1.54, 1.807) is 13.0 Å². The Morgan fingerprint density at radius 1 is 1.43 bits per heavy atom. The van der Waals surface area contributed by atoms with Crippen molar-refractivity contribution < 1.29 is 4.79 Å². The van der Waals surface area contributed by atoms with Gasteiger partial charge in [-0.1, -0.05) is 6.92 Å². The van der Waals surface area contributed by atoms with E-state index in [2.05, 4.69) is 14.9 Å². The van der Waals surface area contributed by atoms with Crippen LogP contribution in [0, 0.1) is 0 Å². The van der Waals surface area contributed by atoms with Crippen LogP contribution in [0.1, 0.15) is 51.0 Å². The SMILES string of the molecule is CCc1cc(=O)[nH]c(CN2CCC[C@H]2CN(C(C)=O)C2CC2)n1. The molecule has 0 radical (unpaired) electrons. The number of carbonyl (C=O) groups excluding carboxylic acids is 1. The third-order valence-corrected chi connectivity index (χ3v) is 4.86. The molecule has 0 bridgehead atoms. The van der Waals surface area contributed by atoms with E-state index >= 15 is 0 Å². The molecule has 126 valence electrons. The van der Waals surface area contributed by atoms with Gasteiger partial charge in [0.1, 0.15) is 5.82 Å². The van der Waals surface area contributed by atoms with Crippen LogP contribution in [-0.2, 0) is 17.8 Å². The minimum atomic E-state index is -0.0778. The van der Waals surface area contributed by atoms with Crippen LogP contribution in [0.25, 0.3) is 0 Å². The number of hydrogen-bond donors (Lipinski definition) is 1. The molecule has 1 atom stereocenters. The highest BCUT2D eigenvalue weighted by atomic mass is 16.2. The lowest BCUT2D eigenvalue weighted by atomic mass is 10.2. The van der Waals surface area contributed by atoms with E-state index in [9.17, 15) is 9.59 Å². The fourth-order valence-corrected chi connectivity index (χ4v) is 3.47. The van der Waals surface area contributed by atoms with Crippen molar-refractivity contribution in [1.82, 2.24) is 19.8 Å². The van der Waals surface area contributed by atoms with Gasteiger partial charge < -0.3 is 9.88 Å². The van der Waals surface area contributed by atoms with Crippen LogP contribution in [0.2, 0.25) is 0 Å². The van der Waals surface area contributed by atoms with Gasteiger partial charge in [0.15, 0.2) is 0 Å². The van der Waals surface area contributed by atoms with Gasteiger partial charge in [0.25, 0.3) is 5.56 Å². The van der Waals surface area contributed by atoms with Gasteiger partial charge in [-0.15, -0.1) is 0 Å². The second-order valence-corrected chi connectivity index (χ2v) is 6.71. The number of amides is 1. The van der Waals surface area contributed by atoms with Crippen molar-refractivity contribution in [2.75, 3.05) is 13.1 Å². The second kappa shape index (κ2) is 6.83. The average Bonchev–Trinajstić information content (AvgIpc) is 3.25. The van der Waals surface area contributed by atoms with Crippen molar-refractivity contribution in [3.8, 4) is 0 Å². The summed E-state index contributed by atoms with van der Waals surface area (Å²) in [7, 11) is 0. The maximum atomic E-state index is 11.9. The lowest BCUT2D eigenvalue weighted by molar-refractivity contribution is -0.130. The van der Waals surface area contributed by atoms with E-state index in [1.807, 2.05) is 11.8 Å². The van der Waals surface area contributed by atoms with E-state index in [-0.39, 0.29) is 11.5 Å². The lowest BCUT2D eigenvalue weighted by Gasteiger charge is -2.30. The molecule has 1 amide bonds. The molecule has 6 heteroatoms. The molecule has 6 nitrogen and oxygen atoms in total. The Morgan fingerprint density at radius 2 is 2.22 bits per heavy atom. The van der Waals surface area contributed by atoms with Crippen LogP contribution >= 0.6 is 0 Å². The summed E-state index contributed by atoms with van der Waals surface area (Å²) in [5, 5.41) is 0. The van der Waals surface area contributed by atoms with Crippen molar-refractivity contribution in [2.45, 2.75) is 64.6 Å². The maximum absolute atomic E-state index is 11.9. The summed E-state index contributed by atoms with van der Waals surface area (Å²) in [5.74, 6) is 0.918. The van der Waals surface area contributed by atoms with Crippen molar-refractivity contribution in [3.05, 3.63) is 27.9 Å². The Labute approximate surface area is 136 Å². The van der Waals surface area contributed by atoms with Crippen LogP contribution < -0.4 is 5.56 Å². The summed E-state index contributed by atoms with van der Waals surface area (Å²) < 4.78 is 0. The highest BCUT2D eigenvalue weighted by Gasteiger charge is 2.35. The quantitative estimate of drug-likeness (QED) is 0.858. The number of likely N-dealkylation sites (tertiary alicyclic amines) is 1. The van der Waals surface area contributed by atoms with Gasteiger partial charge >= 0.3 is 0 Å². The highest BCUT2D eigenvalue weighted by Crippen LogP contribution is 2.29. The number of aryl methyl sites for hydroxylation is 1. The molecule has 1 aromatic heterocycles. The van der Waals surface area contributed by atoms with E-state index in [4.69, 9.17) is 0 Å². The third kappa shape index (κ3) is 3.99. The van der Waals surface area contributed by atoms with Crippen LogP contribution in [0.4, 0.5) is 0 Å². The molecule has 1 saturated carbocycles. The van der Waals surface area contributed by atoms with Gasteiger partial charge in [-0.2, -0.15) is 0 Å². The molecule has 3 rings (SSSR count). The Hall–Kier alpha value is -1.69. The zero-order valence-electron chi connectivity index (χ0n) is 14.0. The van der Waals surface area contributed by atoms with Crippen LogP contribution in [0.15, 0.2) is 10.9 Å². The average molecular weight is 318 g/mol. The van der Waals surface area contributed by atoms with Gasteiger partial charge in [0.2, 0.25) is 5.91 Å². The summed E-state index contributed by atoms with van der Waals surface area (Å²) in [6.45, 7) is 6.13. The molecule has 1 aliphatic carbocycles. The summed E-state index contributed by atoms with van der Waals surface area (Å²) in [4.78, 5) is 35.3. The molecule has 1 saturated heterocycles. The first-order chi connectivity index (χ1) is 11.1. The lowest BCUT2D eigenvalue weighted by Crippen LogP contribution is -2.43.